The van der Waals surface area contributed by atoms with Gasteiger partial charge in [-0.2, -0.15) is 0 Å². The lowest BCUT2D eigenvalue weighted by atomic mass is 9.78. The van der Waals surface area contributed by atoms with Gasteiger partial charge in [0.05, 0.1) is 4.75 Å². The zero-order chi connectivity index (χ0) is 26.7. The zero-order valence-electron chi connectivity index (χ0n) is 20.6. The highest BCUT2D eigenvalue weighted by Gasteiger charge is 2.46. The van der Waals surface area contributed by atoms with Gasteiger partial charge in [0, 0.05) is 6.42 Å². The van der Waals surface area contributed by atoms with Crippen LogP contribution in [0, 0.1) is 5.41 Å². The summed E-state index contributed by atoms with van der Waals surface area (Å²) in [5.74, 6) is -3.40. The van der Waals surface area contributed by atoms with Crippen molar-refractivity contribution in [1.29, 1.82) is 0 Å². The number of thioether (sulfide) groups is 1. The quantitative estimate of drug-likeness (QED) is 0.123. The maximum absolute atomic E-state index is 11.8. The van der Waals surface area contributed by atoms with Gasteiger partial charge in [0.15, 0.2) is 5.41 Å². The average molecular weight is 521 g/mol. The van der Waals surface area contributed by atoms with Crippen LogP contribution in [-0.2, 0) is 19.1 Å². The SMILES string of the molecule is O=C(O)CCC(CCCCCSC(c1ccccc1)(c1ccccc1)c1ccccc1)(C(=O)O)C(=O)O. The average Bonchev–Trinajstić information content (AvgIpc) is 2.91. The Balaban J connectivity index is 1.77. The number of benzene rings is 3. The highest BCUT2D eigenvalue weighted by Crippen LogP contribution is 2.48. The van der Waals surface area contributed by atoms with Gasteiger partial charge < -0.3 is 15.3 Å². The van der Waals surface area contributed by atoms with Crippen molar-refractivity contribution < 1.29 is 29.7 Å². The number of hydrogen-bond donors (Lipinski definition) is 3. The standard InChI is InChI=1S/C30H32O6S/c31-26(32)19-21-29(27(33)34,28(35)36)20-11-4-12-22-37-30(23-13-5-1-6-14-23,24-15-7-2-8-16-24)25-17-9-3-10-18-25/h1-3,5-10,13-18H,4,11-12,19-22H2,(H,31,32)(H,33,34)(H,35,36). The summed E-state index contributed by atoms with van der Waals surface area (Å²) in [5.41, 5.74) is 1.39. The molecule has 0 aliphatic carbocycles. The van der Waals surface area contributed by atoms with Gasteiger partial charge in [-0.05, 0) is 41.7 Å². The van der Waals surface area contributed by atoms with Crippen molar-refractivity contribution in [1.82, 2.24) is 0 Å². The fourth-order valence-corrected chi connectivity index (χ4v) is 6.23. The molecule has 0 spiro atoms. The van der Waals surface area contributed by atoms with Crippen LogP contribution in [0.2, 0.25) is 0 Å². The number of aliphatic carboxylic acids is 3. The summed E-state index contributed by atoms with van der Waals surface area (Å²) < 4.78 is -0.447. The van der Waals surface area contributed by atoms with E-state index in [2.05, 4.69) is 36.4 Å². The van der Waals surface area contributed by atoms with Crippen LogP contribution in [-0.4, -0.2) is 39.0 Å². The Morgan fingerprint density at radius 3 is 1.41 bits per heavy atom. The summed E-state index contributed by atoms with van der Waals surface area (Å²) in [6.45, 7) is 0. The fourth-order valence-electron chi connectivity index (χ4n) is 4.66. The molecule has 0 radical (unpaired) electrons. The molecule has 0 unspecified atom stereocenters. The summed E-state index contributed by atoms with van der Waals surface area (Å²) in [4.78, 5) is 34.6. The number of rotatable bonds is 15. The third-order valence-electron chi connectivity index (χ3n) is 6.69. The van der Waals surface area contributed by atoms with E-state index in [1.54, 1.807) is 11.8 Å². The van der Waals surface area contributed by atoms with E-state index in [9.17, 15) is 24.6 Å². The third-order valence-corrected chi connectivity index (χ3v) is 8.32. The molecule has 3 rings (SSSR count). The third kappa shape index (κ3) is 6.60. The second-order valence-corrected chi connectivity index (χ2v) is 10.3. The van der Waals surface area contributed by atoms with Gasteiger partial charge in [0.1, 0.15) is 0 Å². The van der Waals surface area contributed by atoms with Gasteiger partial charge in [-0.15, -0.1) is 11.8 Å². The van der Waals surface area contributed by atoms with E-state index < -0.39 is 40.9 Å². The predicted molar refractivity (Wildman–Crippen MR) is 145 cm³/mol. The molecule has 3 aromatic rings. The summed E-state index contributed by atoms with van der Waals surface area (Å²) >= 11 is 1.80. The van der Waals surface area contributed by atoms with Crippen LogP contribution in [0.15, 0.2) is 91.0 Å². The second-order valence-electron chi connectivity index (χ2n) is 9.02. The van der Waals surface area contributed by atoms with Crippen LogP contribution in [0.5, 0.6) is 0 Å². The molecule has 3 aromatic carbocycles. The second kappa shape index (κ2) is 13.1. The van der Waals surface area contributed by atoms with Crippen LogP contribution in [0.1, 0.15) is 55.2 Å². The van der Waals surface area contributed by atoms with Crippen molar-refractivity contribution in [3.8, 4) is 0 Å². The molecule has 3 N–H and O–H groups in total. The maximum Gasteiger partial charge on any atom is 0.321 e. The molecule has 0 atom stereocenters. The van der Waals surface area contributed by atoms with Crippen LogP contribution in [0.4, 0.5) is 0 Å². The van der Waals surface area contributed by atoms with Crippen LogP contribution < -0.4 is 0 Å². The van der Waals surface area contributed by atoms with E-state index in [0.717, 1.165) is 28.9 Å². The Morgan fingerprint density at radius 1 is 0.595 bits per heavy atom. The molecule has 6 nitrogen and oxygen atoms in total. The minimum Gasteiger partial charge on any atom is -0.481 e. The molecule has 0 bridgehead atoms. The smallest absolute Gasteiger partial charge is 0.321 e. The fraction of sp³-hybridized carbons (Fsp3) is 0.300. The van der Waals surface area contributed by atoms with Gasteiger partial charge in [0.2, 0.25) is 0 Å². The first-order chi connectivity index (χ1) is 17.8. The molecule has 37 heavy (non-hydrogen) atoms. The first kappa shape index (κ1) is 28.0. The predicted octanol–water partition coefficient (Wildman–Crippen LogP) is 6.29. The summed E-state index contributed by atoms with van der Waals surface area (Å²) in [6, 6.07) is 31.0. The molecule has 0 amide bonds. The first-order valence-electron chi connectivity index (χ1n) is 12.3. The van der Waals surface area contributed by atoms with Gasteiger partial charge in [-0.25, -0.2) is 0 Å². The molecule has 0 aliphatic heterocycles. The van der Waals surface area contributed by atoms with Gasteiger partial charge in [0.25, 0.3) is 0 Å². The number of carboxylic acids is 3. The molecule has 0 fully saturated rings. The Bertz CT molecular complexity index is 1050. The van der Waals surface area contributed by atoms with E-state index in [-0.39, 0.29) is 6.42 Å². The minimum absolute atomic E-state index is 0.100. The molecule has 7 heteroatoms. The van der Waals surface area contributed by atoms with Crippen molar-refractivity contribution in [3.05, 3.63) is 108 Å². The number of unbranched alkanes of at least 4 members (excludes halogenated alkanes) is 2. The van der Waals surface area contributed by atoms with Crippen molar-refractivity contribution >= 4 is 29.7 Å². The minimum atomic E-state index is -2.08. The molecule has 0 aliphatic rings. The van der Waals surface area contributed by atoms with E-state index in [4.69, 9.17) is 5.11 Å². The molecule has 0 saturated heterocycles. The molecule has 0 saturated carbocycles. The topological polar surface area (TPSA) is 112 Å². The number of carboxylic acid groups (broad SMARTS) is 3. The monoisotopic (exact) mass is 520 g/mol. The normalized spacial score (nSPS) is 11.7. The van der Waals surface area contributed by atoms with E-state index in [1.807, 2.05) is 54.6 Å². The van der Waals surface area contributed by atoms with Crippen molar-refractivity contribution in [3.63, 3.8) is 0 Å². The van der Waals surface area contributed by atoms with Crippen molar-refractivity contribution in [2.75, 3.05) is 5.75 Å². The van der Waals surface area contributed by atoms with Crippen LogP contribution in [0.3, 0.4) is 0 Å². The summed E-state index contributed by atoms with van der Waals surface area (Å²) in [5, 5.41) is 28.2. The Hall–Kier alpha value is -3.58. The Labute approximate surface area is 221 Å². The molecule has 194 valence electrons. The number of hydrogen-bond acceptors (Lipinski definition) is 4. The van der Waals surface area contributed by atoms with E-state index in [1.165, 1.54) is 0 Å². The molecular formula is C30H32O6S. The summed E-state index contributed by atoms with van der Waals surface area (Å²) in [7, 11) is 0. The van der Waals surface area contributed by atoms with Crippen LogP contribution in [0.25, 0.3) is 0 Å². The van der Waals surface area contributed by atoms with Crippen molar-refractivity contribution in [2.45, 2.75) is 43.3 Å². The molecule has 0 heterocycles. The van der Waals surface area contributed by atoms with Crippen LogP contribution >= 0.6 is 11.8 Å². The van der Waals surface area contributed by atoms with Gasteiger partial charge >= 0.3 is 17.9 Å². The maximum atomic E-state index is 11.8. The Kier molecular flexibility index (Phi) is 9.92. The molecule has 0 aromatic heterocycles. The highest BCUT2D eigenvalue weighted by atomic mass is 32.2. The van der Waals surface area contributed by atoms with Gasteiger partial charge in [-0.1, -0.05) is 104 Å². The lowest BCUT2D eigenvalue weighted by Gasteiger charge is -2.35. The summed E-state index contributed by atoms with van der Waals surface area (Å²) in [6.07, 6.45) is 0.748. The highest BCUT2D eigenvalue weighted by molar-refractivity contribution is 8.00. The first-order valence-corrected chi connectivity index (χ1v) is 13.3. The largest absolute Gasteiger partial charge is 0.481 e. The zero-order valence-corrected chi connectivity index (χ0v) is 21.4. The van der Waals surface area contributed by atoms with E-state index in [0.29, 0.717) is 12.8 Å². The Morgan fingerprint density at radius 2 is 1.03 bits per heavy atom. The van der Waals surface area contributed by atoms with Gasteiger partial charge in [-0.3, -0.25) is 14.4 Å². The van der Waals surface area contributed by atoms with E-state index >= 15 is 0 Å². The lowest BCUT2D eigenvalue weighted by Crippen LogP contribution is -2.39. The molecular weight excluding hydrogens is 488 g/mol. The lowest BCUT2D eigenvalue weighted by molar-refractivity contribution is -0.166. The van der Waals surface area contributed by atoms with Crippen molar-refractivity contribution in [2.24, 2.45) is 5.41 Å². The number of carbonyl (C=O) groups is 3.